The number of para-hydroxylation sites is 3. The van der Waals surface area contributed by atoms with Gasteiger partial charge in [0.15, 0.2) is 5.16 Å². The van der Waals surface area contributed by atoms with Gasteiger partial charge in [0.25, 0.3) is 0 Å². The topological polar surface area (TPSA) is 56.2 Å². The molecule has 1 aromatic heterocycles. The predicted octanol–water partition coefficient (Wildman–Crippen LogP) is 4.52. The van der Waals surface area contributed by atoms with Gasteiger partial charge in [0.05, 0.1) is 23.3 Å². The number of carbonyl (C=O) groups excluding carboxylic acids is 1. The van der Waals surface area contributed by atoms with E-state index >= 15 is 0 Å². The van der Waals surface area contributed by atoms with Gasteiger partial charge >= 0.3 is 0 Å². The summed E-state index contributed by atoms with van der Waals surface area (Å²) in [6, 6.07) is 27.7. The van der Waals surface area contributed by atoms with Gasteiger partial charge in [0.2, 0.25) is 5.91 Å². The van der Waals surface area contributed by atoms with Crippen LogP contribution in [-0.4, -0.2) is 27.8 Å². The number of amides is 1. The van der Waals surface area contributed by atoms with Gasteiger partial charge in [-0.1, -0.05) is 72.4 Å². The second-order valence-electron chi connectivity index (χ2n) is 6.75. The Labute approximate surface area is 180 Å². The molecule has 0 bridgehead atoms. The largest absolute Gasteiger partial charge is 0.492 e. The molecular formula is C24H23N3O2S. The van der Waals surface area contributed by atoms with E-state index in [4.69, 9.17) is 9.72 Å². The average molecular weight is 418 g/mol. The molecule has 0 radical (unpaired) electrons. The van der Waals surface area contributed by atoms with Gasteiger partial charge in [0.1, 0.15) is 12.4 Å². The molecule has 30 heavy (non-hydrogen) atoms. The molecule has 0 fully saturated rings. The van der Waals surface area contributed by atoms with Gasteiger partial charge in [-0.3, -0.25) is 4.79 Å². The van der Waals surface area contributed by atoms with Crippen molar-refractivity contribution in [2.24, 2.45) is 0 Å². The van der Waals surface area contributed by atoms with Gasteiger partial charge in [-0.25, -0.2) is 4.98 Å². The minimum Gasteiger partial charge on any atom is -0.492 e. The smallest absolute Gasteiger partial charge is 0.230 e. The Kier molecular flexibility index (Phi) is 6.67. The van der Waals surface area contributed by atoms with Crippen molar-refractivity contribution in [3.8, 4) is 5.75 Å². The van der Waals surface area contributed by atoms with Gasteiger partial charge in [-0.15, -0.1) is 0 Å². The lowest BCUT2D eigenvalue weighted by Gasteiger charge is -2.11. The van der Waals surface area contributed by atoms with Crippen molar-refractivity contribution < 1.29 is 9.53 Å². The summed E-state index contributed by atoms with van der Waals surface area (Å²) in [4.78, 5) is 17.0. The first-order valence-electron chi connectivity index (χ1n) is 9.86. The number of imidazole rings is 1. The Morgan fingerprint density at radius 2 is 1.63 bits per heavy atom. The molecule has 0 atom stereocenters. The summed E-state index contributed by atoms with van der Waals surface area (Å²) in [5.41, 5.74) is 3.05. The molecule has 4 aromatic rings. The van der Waals surface area contributed by atoms with Crippen LogP contribution in [0.25, 0.3) is 11.0 Å². The van der Waals surface area contributed by atoms with E-state index in [-0.39, 0.29) is 5.91 Å². The zero-order chi connectivity index (χ0) is 20.6. The monoisotopic (exact) mass is 417 g/mol. The van der Waals surface area contributed by atoms with Crippen LogP contribution in [0.4, 0.5) is 0 Å². The molecule has 1 heterocycles. The van der Waals surface area contributed by atoms with Crippen molar-refractivity contribution in [1.82, 2.24) is 14.9 Å². The zero-order valence-electron chi connectivity index (χ0n) is 16.5. The summed E-state index contributed by atoms with van der Waals surface area (Å²) >= 11 is 1.45. The molecule has 0 saturated carbocycles. The van der Waals surface area contributed by atoms with E-state index < -0.39 is 0 Å². The molecule has 0 saturated heterocycles. The van der Waals surface area contributed by atoms with E-state index in [9.17, 15) is 4.79 Å². The van der Waals surface area contributed by atoms with E-state index in [1.165, 1.54) is 11.8 Å². The van der Waals surface area contributed by atoms with Crippen LogP contribution < -0.4 is 10.1 Å². The third-order valence-corrected chi connectivity index (χ3v) is 5.59. The van der Waals surface area contributed by atoms with Crippen LogP contribution in [-0.2, 0) is 17.9 Å². The summed E-state index contributed by atoms with van der Waals surface area (Å²) < 4.78 is 7.98. The van der Waals surface area contributed by atoms with Gasteiger partial charge in [0, 0.05) is 6.54 Å². The molecule has 0 aliphatic heterocycles. The maximum atomic E-state index is 12.3. The average Bonchev–Trinajstić information content (AvgIpc) is 3.15. The van der Waals surface area contributed by atoms with Crippen LogP contribution in [0.2, 0.25) is 0 Å². The minimum absolute atomic E-state index is 0.0111. The van der Waals surface area contributed by atoms with Gasteiger partial charge in [-0.2, -0.15) is 0 Å². The third-order valence-electron chi connectivity index (χ3n) is 4.61. The standard InChI is InChI=1S/C24H23N3O2S/c28-23(25-17-19-9-3-1-4-10-19)18-30-24-26-21-13-7-8-14-22(21)27(24)15-16-29-20-11-5-2-6-12-20/h1-14H,15-18H2,(H,25,28). The number of thioether (sulfide) groups is 1. The van der Waals surface area contributed by atoms with Crippen molar-refractivity contribution in [2.45, 2.75) is 18.2 Å². The summed E-state index contributed by atoms with van der Waals surface area (Å²) in [5.74, 6) is 1.15. The third kappa shape index (κ3) is 5.21. The Hall–Kier alpha value is -3.25. The molecule has 3 aromatic carbocycles. The lowest BCUT2D eigenvalue weighted by Crippen LogP contribution is -2.24. The molecule has 0 aliphatic carbocycles. The van der Waals surface area contributed by atoms with Crippen LogP contribution in [0.1, 0.15) is 5.56 Å². The van der Waals surface area contributed by atoms with E-state index in [2.05, 4.69) is 9.88 Å². The fraction of sp³-hybridized carbons (Fsp3) is 0.167. The SMILES string of the molecule is O=C(CSc1nc2ccccc2n1CCOc1ccccc1)NCc1ccccc1. The van der Waals surface area contributed by atoms with E-state index in [0.717, 1.165) is 27.5 Å². The number of hydrogen-bond donors (Lipinski definition) is 1. The second kappa shape index (κ2) is 9.98. The molecule has 0 unspecified atom stereocenters. The number of benzene rings is 3. The quantitative estimate of drug-likeness (QED) is 0.407. The minimum atomic E-state index is -0.0111. The summed E-state index contributed by atoms with van der Waals surface area (Å²) in [7, 11) is 0. The van der Waals surface area contributed by atoms with Crippen molar-refractivity contribution in [3.63, 3.8) is 0 Å². The maximum absolute atomic E-state index is 12.3. The fourth-order valence-electron chi connectivity index (χ4n) is 3.13. The van der Waals surface area contributed by atoms with Crippen LogP contribution >= 0.6 is 11.8 Å². The van der Waals surface area contributed by atoms with Crippen molar-refractivity contribution in [1.29, 1.82) is 0 Å². The number of carbonyl (C=O) groups is 1. The molecule has 6 heteroatoms. The molecule has 0 aliphatic rings. The summed E-state index contributed by atoms with van der Waals surface area (Å²) in [6.07, 6.45) is 0. The van der Waals surface area contributed by atoms with Gasteiger partial charge in [-0.05, 0) is 29.8 Å². The number of ether oxygens (including phenoxy) is 1. The Morgan fingerprint density at radius 1 is 0.933 bits per heavy atom. The molecule has 0 spiro atoms. The van der Waals surface area contributed by atoms with E-state index in [1.807, 2.05) is 84.9 Å². The maximum Gasteiger partial charge on any atom is 0.230 e. The highest BCUT2D eigenvalue weighted by Gasteiger charge is 2.13. The lowest BCUT2D eigenvalue weighted by molar-refractivity contribution is -0.118. The summed E-state index contributed by atoms with van der Waals surface area (Å²) in [6.45, 7) is 1.71. The highest BCUT2D eigenvalue weighted by Crippen LogP contribution is 2.24. The van der Waals surface area contributed by atoms with E-state index in [1.54, 1.807) is 0 Å². The van der Waals surface area contributed by atoms with E-state index in [0.29, 0.717) is 25.4 Å². The first-order valence-corrected chi connectivity index (χ1v) is 10.8. The first-order chi connectivity index (χ1) is 14.8. The van der Waals surface area contributed by atoms with Crippen LogP contribution in [0.3, 0.4) is 0 Å². The fourth-order valence-corrected chi connectivity index (χ4v) is 4.00. The molecule has 1 amide bonds. The van der Waals surface area contributed by atoms with Crippen molar-refractivity contribution >= 4 is 28.7 Å². The normalized spacial score (nSPS) is 10.8. The number of hydrogen-bond acceptors (Lipinski definition) is 4. The molecule has 4 rings (SSSR count). The molecular weight excluding hydrogens is 394 g/mol. The Morgan fingerprint density at radius 3 is 2.43 bits per heavy atom. The number of fused-ring (bicyclic) bond motifs is 1. The molecule has 5 nitrogen and oxygen atoms in total. The number of nitrogens with one attached hydrogen (secondary N) is 1. The van der Waals surface area contributed by atoms with Crippen molar-refractivity contribution in [2.75, 3.05) is 12.4 Å². The summed E-state index contributed by atoms with van der Waals surface area (Å²) in [5, 5.41) is 3.79. The number of nitrogens with zero attached hydrogens (tertiary/aromatic N) is 2. The molecule has 152 valence electrons. The highest BCUT2D eigenvalue weighted by atomic mass is 32.2. The van der Waals surface area contributed by atoms with Gasteiger partial charge < -0.3 is 14.6 Å². The Balaban J connectivity index is 1.38. The number of rotatable bonds is 9. The van der Waals surface area contributed by atoms with Crippen LogP contribution in [0, 0.1) is 0 Å². The Bertz CT molecular complexity index is 1100. The second-order valence-corrected chi connectivity index (χ2v) is 7.69. The number of aromatic nitrogens is 2. The first kappa shape index (κ1) is 20.0. The van der Waals surface area contributed by atoms with Crippen molar-refractivity contribution in [3.05, 3.63) is 90.5 Å². The molecule has 1 N–H and O–H groups in total. The highest BCUT2D eigenvalue weighted by molar-refractivity contribution is 7.99. The van der Waals surface area contributed by atoms with Crippen LogP contribution in [0.15, 0.2) is 90.1 Å². The zero-order valence-corrected chi connectivity index (χ0v) is 17.3. The lowest BCUT2D eigenvalue weighted by atomic mass is 10.2. The van der Waals surface area contributed by atoms with Crippen LogP contribution in [0.5, 0.6) is 5.75 Å². The predicted molar refractivity (Wildman–Crippen MR) is 121 cm³/mol.